The molecule has 1 amide bonds. The molecule has 1 aliphatic rings. The first-order chi connectivity index (χ1) is 9.93. The summed E-state index contributed by atoms with van der Waals surface area (Å²) in [5, 5.41) is 20.6. The highest BCUT2D eigenvalue weighted by molar-refractivity contribution is 5.95. The van der Waals surface area contributed by atoms with Crippen molar-refractivity contribution in [2.24, 2.45) is 5.92 Å². The van der Waals surface area contributed by atoms with Gasteiger partial charge in [0.2, 0.25) is 0 Å². The van der Waals surface area contributed by atoms with E-state index in [1.165, 1.54) is 6.07 Å². The Morgan fingerprint density at radius 3 is 2.81 bits per heavy atom. The molecule has 21 heavy (non-hydrogen) atoms. The predicted octanol–water partition coefficient (Wildman–Crippen LogP) is 2.00. The number of nitrogens with zero attached hydrogens (tertiary/aromatic N) is 2. The van der Waals surface area contributed by atoms with Crippen LogP contribution in [0.5, 0.6) is 0 Å². The van der Waals surface area contributed by atoms with Crippen LogP contribution < -0.4 is 0 Å². The van der Waals surface area contributed by atoms with Crippen molar-refractivity contribution in [1.82, 2.24) is 4.90 Å². The number of hydrogen-bond acceptors (Lipinski definition) is 4. The number of nitro benzene ring substituents is 1. The molecule has 0 aromatic heterocycles. The lowest BCUT2D eigenvalue weighted by Crippen LogP contribution is -2.30. The maximum atomic E-state index is 12.4. The van der Waals surface area contributed by atoms with Crippen LogP contribution in [-0.4, -0.2) is 40.0 Å². The number of rotatable bonds is 4. The number of aliphatic hydroxyl groups excluding tert-OH is 1. The average Bonchev–Trinajstić information content (AvgIpc) is 2.95. The lowest BCUT2D eigenvalue weighted by Gasteiger charge is -2.18. The average molecular weight is 292 g/mol. The summed E-state index contributed by atoms with van der Waals surface area (Å²) in [6.07, 6.45) is 0.872. The third-order valence-corrected chi connectivity index (χ3v) is 4.10. The highest BCUT2D eigenvalue weighted by atomic mass is 16.6. The molecule has 1 aliphatic heterocycles. The predicted molar refractivity (Wildman–Crippen MR) is 78.2 cm³/mol. The first kappa shape index (κ1) is 15.4. The second kappa shape index (κ2) is 6.22. The van der Waals surface area contributed by atoms with Gasteiger partial charge < -0.3 is 10.0 Å². The number of likely N-dealkylation sites (tertiary alicyclic amines) is 1. The number of aryl methyl sites for hydroxylation is 1. The van der Waals surface area contributed by atoms with Crippen LogP contribution in [0.4, 0.5) is 5.69 Å². The van der Waals surface area contributed by atoms with E-state index >= 15 is 0 Å². The maximum absolute atomic E-state index is 12.4. The number of benzene rings is 1. The molecule has 6 nitrogen and oxygen atoms in total. The number of aliphatic hydroxyl groups is 1. The fraction of sp³-hybridized carbons (Fsp3) is 0.533. The normalized spacial score (nSPS) is 19.6. The van der Waals surface area contributed by atoms with E-state index in [-0.39, 0.29) is 17.5 Å². The van der Waals surface area contributed by atoms with Crippen molar-refractivity contribution in [3.63, 3.8) is 0 Å². The van der Waals surface area contributed by atoms with Crippen LogP contribution in [0, 0.1) is 16.0 Å². The summed E-state index contributed by atoms with van der Waals surface area (Å²) in [5.74, 6) is -0.122. The molecule has 2 atom stereocenters. The summed E-state index contributed by atoms with van der Waals surface area (Å²) < 4.78 is 0. The lowest BCUT2D eigenvalue weighted by atomic mass is 10.0. The number of amides is 1. The summed E-state index contributed by atoms with van der Waals surface area (Å²) in [6.45, 7) is 4.65. The van der Waals surface area contributed by atoms with Crippen molar-refractivity contribution < 1.29 is 14.8 Å². The van der Waals surface area contributed by atoms with Crippen LogP contribution in [0.25, 0.3) is 0 Å². The van der Waals surface area contributed by atoms with Gasteiger partial charge in [-0.15, -0.1) is 0 Å². The smallest absolute Gasteiger partial charge is 0.273 e. The van der Waals surface area contributed by atoms with E-state index in [1.54, 1.807) is 24.0 Å². The number of hydrogen-bond donors (Lipinski definition) is 1. The molecular formula is C15H20N2O4. The van der Waals surface area contributed by atoms with Gasteiger partial charge in [0, 0.05) is 36.2 Å². The SMILES string of the molecule is CCc1ccc(C(=O)N2CCC(C(C)O)C2)cc1[N+](=O)[O-]. The van der Waals surface area contributed by atoms with Gasteiger partial charge in [0.15, 0.2) is 0 Å². The van der Waals surface area contributed by atoms with Crippen molar-refractivity contribution in [2.45, 2.75) is 32.8 Å². The van der Waals surface area contributed by atoms with Crippen LogP contribution in [0.2, 0.25) is 0 Å². The molecule has 2 unspecified atom stereocenters. The molecular weight excluding hydrogens is 272 g/mol. The third-order valence-electron chi connectivity index (χ3n) is 4.10. The summed E-state index contributed by atoms with van der Waals surface area (Å²) >= 11 is 0. The minimum Gasteiger partial charge on any atom is -0.393 e. The summed E-state index contributed by atoms with van der Waals surface area (Å²) in [5.41, 5.74) is 0.958. The first-order valence-corrected chi connectivity index (χ1v) is 7.18. The van der Waals surface area contributed by atoms with Gasteiger partial charge in [0.25, 0.3) is 11.6 Å². The molecule has 114 valence electrons. The van der Waals surface area contributed by atoms with E-state index in [0.29, 0.717) is 30.6 Å². The fourth-order valence-corrected chi connectivity index (χ4v) is 2.71. The van der Waals surface area contributed by atoms with Crippen LogP contribution in [0.3, 0.4) is 0 Å². The molecule has 0 saturated carbocycles. The Bertz CT molecular complexity index is 557. The van der Waals surface area contributed by atoms with Crippen LogP contribution in [0.15, 0.2) is 18.2 Å². The second-order valence-corrected chi connectivity index (χ2v) is 5.49. The van der Waals surface area contributed by atoms with Crippen molar-refractivity contribution in [1.29, 1.82) is 0 Å². The summed E-state index contributed by atoms with van der Waals surface area (Å²) in [4.78, 5) is 24.7. The minimum absolute atomic E-state index is 0.00498. The molecule has 1 aromatic carbocycles. The fourth-order valence-electron chi connectivity index (χ4n) is 2.71. The van der Waals surface area contributed by atoms with E-state index in [2.05, 4.69) is 0 Å². The minimum atomic E-state index is -0.446. The zero-order valence-corrected chi connectivity index (χ0v) is 12.3. The van der Waals surface area contributed by atoms with Gasteiger partial charge in [-0.1, -0.05) is 13.0 Å². The molecule has 1 heterocycles. The topological polar surface area (TPSA) is 83.7 Å². The second-order valence-electron chi connectivity index (χ2n) is 5.49. The van der Waals surface area contributed by atoms with Crippen molar-refractivity contribution in [3.8, 4) is 0 Å². The quantitative estimate of drug-likeness (QED) is 0.679. The Balaban J connectivity index is 2.20. The molecule has 1 saturated heterocycles. The largest absolute Gasteiger partial charge is 0.393 e. The van der Waals surface area contributed by atoms with Crippen molar-refractivity contribution >= 4 is 11.6 Å². The Labute approximate surface area is 123 Å². The first-order valence-electron chi connectivity index (χ1n) is 7.18. The van der Waals surface area contributed by atoms with Gasteiger partial charge in [-0.2, -0.15) is 0 Å². The molecule has 0 spiro atoms. The molecule has 1 fully saturated rings. The zero-order chi connectivity index (χ0) is 15.6. The standard InChI is InChI=1S/C15H20N2O4/c1-3-11-4-5-12(8-14(11)17(20)21)15(19)16-7-6-13(9-16)10(2)18/h4-5,8,10,13,18H,3,6-7,9H2,1-2H3. The Morgan fingerprint density at radius 1 is 1.57 bits per heavy atom. The molecule has 0 aliphatic carbocycles. The van der Waals surface area contributed by atoms with Crippen molar-refractivity contribution in [3.05, 3.63) is 39.4 Å². The van der Waals surface area contributed by atoms with Gasteiger partial charge in [-0.25, -0.2) is 0 Å². The van der Waals surface area contributed by atoms with Gasteiger partial charge >= 0.3 is 0 Å². The lowest BCUT2D eigenvalue weighted by molar-refractivity contribution is -0.385. The zero-order valence-electron chi connectivity index (χ0n) is 12.3. The Morgan fingerprint density at radius 2 is 2.29 bits per heavy atom. The van der Waals surface area contributed by atoms with E-state index in [4.69, 9.17) is 0 Å². The third kappa shape index (κ3) is 3.21. The molecule has 6 heteroatoms. The summed E-state index contributed by atoms with van der Waals surface area (Å²) in [7, 11) is 0. The molecule has 0 bridgehead atoms. The highest BCUT2D eigenvalue weighted by Crippen LogP contribution is 2.25. The maximum Gasteiger partial charge on any atom is 0.273 e. The Kier molecular flexibility index (Phi) is 4.57. The number of carbonyl (C=O) groups is 1. The number of nitro groups is 1. The molecule has 2 rings (SSSR count). The van der Waals surface area contributed by atoms with E-state index in [9.17, 15) is 20.0 Å². The van der Waals surface area contributed by atoms with Gasteiger partial charge in [-0.05, 0) is 25.8 Å². The van der Waals surface area contributed by atoms with Gasteiger partial charge in [0.05, 0.1) is 11.0 Å². The summed E-state index contributed by atoms with van der Waals surface area (Å²) in [6, 6.07) is 4.65. The van der Waals surface area contributed by atoms with Gasteiger partial charge in [0.1, 0.15) is 0 Å². The van der Waals surface area contributed by atoms with Crippen LogP contribution in [-0.2, 0) is 6.42 Å². The molecule has 1 N–H and O–H groups in total. The van der Waals surface area contributed by atoms with Crippen molar-refractivity contribution in [2.75, 3.05) is 13.1 Å². The van der Waals surface area contributed by atoms with E-state index < -0.39 is 11.0 Å². The monoisotopic (exact) mass is 292 g/mol. The Hall–Kier alpha value is -1.95. The molecule has 1 aromatic rings. The van der Waals surface area contributed by atoms with Gasteiger partial charge in [-0.3, -0.25) is 14.9 Å². The van der Waals surface area contributed by atoms with Crippen LogP contribution in [0.1, 0.15) is 36.2 Å². The highest BCUT2D eigenvalue weighted by Gasteiger charge is 2.30. The number of carbonyl (C=O) groups excluding carboxylic acids is 1. The van der Waals surface area contributed by atoms with E-state index in [1.807, 2.05) is 6.92 Å². The van der Waals surface area contributed by atoms with Crippen LogP contribution >= 0.6 is 0 Å². The molecule has 0 radical (unpaired) electrons. The van der Waals surface area contributed by atoms with E-state index in [0.717, 1.165) is 6.42 Å².